The fraction of sp³-hybridized carbons (Fsp3) is 0.444. The van der Waals surface area contributed by atoms with Gasteiger partial charge < -0.3 is 5.32 Å². The van der Waals surface area contributed by atoms with Crippen LogP contribution in [0, 0.1) is 5.92 Å². The summed E-state index contributed by atoms with van der Waals surface area (Å²) in [6, 6.07) is 5.52. The molecule has 7 heteroatoms. The number of hydrogen-bond donors (Lipinski definition) is 1. The number of benzene rings is 1. The molecule has 132 valence electrons. The van der Waals surface area contributed by atoms with Crippen molar-refractivity contribution >= 4 is 11.7 Å². The molecule has 25 heavy (non-hydrogen) atoms. The number of hydrogen-bond acceptors (Lipinski definition) is 2. The molecule has 2 aliphatic carbocycles. The molecule has 0 radical (unpaired) electrons. The van der Waals surface area contributed by atoms with E-state index in [4.69, 9.17) is 0 Å². The number of rotatable bonds is 3. The molecule has 1 heterocycles. The second kappa shape index (κ2) is 5.61. The van der Waals surface area contributed by atoms with E-state index in [0.29, 0.717) is 12.2 Å². The van der Waals surface area contributed by atoms with E-state index in [9.17, 15) is 18.0 Å². The number of anilines is 1. The first-order valence-electron chi connectivity index (χ1n) is 8.38. The van der Waals surface area contributed by atoms with Gasteiger partial charge in [0.15, 0.2) is 0 Å². The zero-order valence-electron chi connectivity index (χ0n) is 13.7. The fourth-order valence-corrected chi connectivity index (χ4v) is 3.79. The number of nitrogens with one attached hydrogen (secondary N) is 1. The van der Waals surface area contributed by atoms with Crippen molar-refractivity contribution in [1.29, 1.82) is 0 Å². The number of aromatic nitrogens is 2. The highest BCUT2D eigenvalue weighted by molar-refractivity contribution is 5.95. The second-order valence-electron chi connectivity index (χ2n) is 6.77. The Labute approximate surface area is 143 Å². The van der Waals surface area contributed by atoms with Gasteiger partial charge in [-0.1, -0.05) is 18.2 Å². The molecule has 1 aromatic carbocycles. The summed E-state index contributed by atoms with van der Waals surface area (Å²) in [6.45, 7) is 0. The van der Waals surface area contributed by atoms with E-state index in [1.54, 1.807) is 17.8 Å². The summed E-state index contributed by atoms with van der Waals surface area (Å²) in [7, 11) is 1.78. The number of halogens is 3. The molecule has 1 aromatic heterocycles. The zero-order valence-corrected chi connectivity index (χ0v) is 13.7. The van der Waals surface area contributed by atoms with Gasteiger partial charge in [0.25, 0.3) is 0 Å². The Balaban J connectivity index is 1.52. The van der Waals surface area contributed by atoms with Gasteiger partial charge >= 0.3 is 6.18 Å². The van der Waals surface area contributed by atoms with Crippen molar-refractivity contribution in [1.82, 2.24) is 9.78 Å². The second-order valence-corrected chi connectivity index (χ2v) is 6.77. The summed E-state index contributed by atoms with van der Waals surface area (Å²) < 4.78 is 41.1. The van der Waals surface area contributed by atoms with E-state index in [0.717, 1.165) is 36.6 Å². The van der Waals surface area contributed by atoms with Crippen LogP contribution in [0.1, 0.15) is 41.1 Å². The Hall–Kier alpha value is -2.31. The van der Waals surface area contributed by atoms with Crippen molar-refractivity contribution in [3.8, 4) is 0 Å². The molecule has 4 nitrogen and oxygen atoms in total. The number of carbonyl (C=O) groups excluding carboxylic acids is 1. The van der Waals surface area contributed by atoms with Crippen LogP contribution in [-0.2, 0) is 30.9 Å². The van der Waals surface area contributed by atoms with Crippen molar-refractivity contribution in [2.45, 2.75) is 37.8 Å². The Bertz CT molecular complexity index is 841. The molecule has 1 amide bonds. The first-order valence-corrected chi connectivity index (χ1v) is 8.38. The number of aryl methyl sites for hydroxylation is 2. The molecule has 0 bridgehead atoms. The van der Waals surface area contributed by atoms with E-state index in [-0.39, 0.29) is 17.4 Å². The van der Waals surface area contributed by atoms with E-state index in [2.05, 4.69) is 10.4 Å². The van der Waals surface area contributed by atoms with Gasteiger partial charge in [-0.2, -0.15) is 18.3 Å². The third-order valence-corrected chi connectivity index (χ3v) is 5.10. The summed E-state index contributed by atoms with van der Waals surface area (Å²) in [6.07, 6.45) is -1.15. The molecule has 0 aliphatic heterocycles. The van der Waals surface area contributed by atoms with E-state index >= 15 is 0 Å². The quantitative estimate of drug-likeness (QED) is 0.919. The molecule has 2 atom stereocenters. The van der Waals surface area contributed by atoms with E-state index < -0.39 is 17.7 Å². The van der Waals surface area contributed by atoms with Gasteiger partial charge in [-0.25, -0.2) is 0 Å². The van der Waals surface area contributed by atoms with Gasteiger partial charge in [-0.3, -0.25) is 9.48 Å². The van der Waals surface area contributed by atoms with Crippen LogP contribution in [0.3, 0.4) is 0 Å². The van der Waals surface area contributed by atoms with Gasteiger partial charge in [0.05, 0.1) is 11.3 Å². The summed E-state index contributed by atoms with van der Waals surface area (Å²) >= 11 is 0. The highest BCUT2D eigenvalue weighted by Gasteiger charge is 2.48. The number of amides is 1. The number of fused-ring (bicyclic) bond motifs is 1. The van der Waals surface area contributed by atoms with Gasteiger partial charge in [0.1, 0.15) is 5.82 Å². The standard InChI is InChI=1S/C18H18F3N3O/c1-24-16(11-6-4-8-15(11)23-24)22-17(25)13-9-12(13)10-5-2-3-7-14(10)18(19,20)21/h2-3,5,7,12-13H,4,6,8-9H2,1H3,(H,22,25)/t12-,13-/m1/s1. The molecule has 1 saturated carbocycles. The Morgan fingerprint density at radius 1 is 1.28 bits per heavy atom. The smallest absolute Gasteiger partial charge is 0.310 e. The molecule has 0 spiro atoms. The average molecular weight is 349 g/mol. The van der Waals surface area contributed by atoms with E-state index in [1.165, 1.54) is 12.1 Å². The largest absolute Gasteiger partial charge is 0.416 e. The van der Waals surface area contributed by atoms with Gasteiger partial charge in [0, 0.05) is 18.5 Å². The summed E-state index contributed by atoms with van der Waals surface area (Å²) in [5.41, 5.74) is 1.64. The maximum absolute atomic E-state index is 13.2. The topological polar surface area (TPSA) is 46.9 Å². The van der Waals surface area contributed by atoms with Crippen molar-refractivity contribution in [2.24, 2.45) is 13.0 Å². The minimum atomic E-state index is -4.40. The first-order chi connectivity index (χ1) is 11.9. The van der Waals surface area contributed by atoms with Crippen LogP contribution >= 0.6 is 0 Å². The molecule has 0 unspecified atom stereocenters. The van der Waals surface area contributed by atoms with E-state index in [1.807, 2.05) is 0 Å². The van der Waals surface area contributed by atoms with Crippen LogP contribution in [0.25, 0.3) is 0 Å². The van der Waals surface area contributed by atoms with Crippen LogP contribution in [-0.4, -0.2) is 15.7 Å². The molecular weight excluding hydrogens is 331 g/mol. The SMILES string of the molecule is Cn1nc2c(c1NC(=O)[C@@H]1C[C@@H]1c1ccccc1C(F)(F)F)CCC2. The van der Waals surface area contributed by atoms with Gasteiger partial charge in [-0.05, 0) is 43.2 Å². The summed E-state index contributed by atoms with van der Waals surface area (Å²) in [4.78, 5) is 12.5. The monoisotopic (exact) mass is 349 g/mol. The van der Waals surface area contributed by atoms with Crippen molar-refractivity contribution < 1.29 is 18.0 Å². The van der Waals surface area contributed by atoms with Crippen molar-refractivity contribution in [3.63, 3.8) is 0 Å². The Kier molecular flexibility index (Phi) is 3.63. The molecule has 0 saturated heterocycles. The first kappa shape index (κ1) is 16.2. The summed E-state index contributed by atoms with van der Waals surface area (Å²) in [5.74, 6) is -0.332. The van der Waals surface area contributed by atoms with Crippen LogP contribution in [0.15, 0.2) is 24.3 Å². The minimum Gasteiger partial charge on any atom is -0.310 e. The van der Waals surface area contributed by atoms with Crippen LogP contribution in [0.4, 0.5) is 19.0 Å². The average Bonchev–Trinajstić information content (AvgIpc) is 3.15. The predicted molar refractivity (Wildman–Crippen MR) is 86.2 cm³/mol. The highest BCUT2D eigenvalue weighted by atomic mass is 19.4. The molecule has 4 rings (SSSR count). The lowest BCUT2D eigenvalue weighted by Gasteiger charge is -2.12. The lowest BCUT2D eigenvalue weighted by Crippen LogP contribution is -2.18. The molecule has 2 aliphatic rings. The lowest BCUT2D eigenvalue weighted by atomic mass is 10.0. The number of alkyl halides is 3. The normalized spacial score (nSPS) is 21.9. The fourth-order valence-electron chi connectivity index (χ4n) is 3.79. The van der Waals surface area contributed by atoms with Crippen molar-refractivity contribution in [3.05, 3.63) is 46.6 Å². The molecular formula is C18H18F3N3O. The third-order valence-electron chi connectivity index (χ3n) is 5.10. The minimum absolute atomic E-state index is 0.213. The van der Waals surface area contributed by atoms with Crippen LogP contribution < -0.4 is 5.32 Å². The maximum Gasteiger partial charge on any atom is 0.416 e. The Morgan fingerprint density at radius 3 is 2.80 bits per heavy atom. The van der Waals surface area contributed by atoms with Gasteiger partial charge in [0.2, 0.25) is 5.91 Å². The number of carbonyl (C=O) groups is 1. The molecule has 1 fully saturated rings. The summed E-state index contributed by atoms with van der Waals surface area (Å²) in [5, 5.41) is 7.29. The third kappa shape index (κ3) is 2.81. The highest BCUT2D eigenvalue weighted by Crippen LogP contribution is 2.51. The lowest BCUT2D eigenvalue weighted by molar-refractivity contribution is -0.138. The Morgan fingerprint density at radius 2 is 2.04 bits per heavy atom. The maximum atomic E-state index is 13.2. The zero-order chi connectivity index (χ0) is 17.8. The predicted octanol–water partition coefficient (Wildman–Crippen LogP) is 3.67. The van der Waals surface area contributed by atoms with Gasteiger partial charge in [-0.15, -0.1) is 0 Å². The number of nitrogens with zero attached hydrogens (tertiary/aromatic N) is 2. The van der Waals surface area contributed by atoms with Crippen LogP contribution in [0.2, 0.25) is 0 Å². The molecule has 1 N–H and O–H groups in total. The van der Waals surface area contributed by atoms with Crippen molar-refractivity contribution in [2.75, 3.05) is 5.32 Å². The van der Waals surface area contributed by atoms with Crippen LogP contribution in [0.5, 0.6) is 0 Å². The molecule has 2 aromatic rings.